The highest BCUT2D eigenvalue weighted by molar-refractivity contribution is 5.95. The molecule has 2 aromatic carbocycles. The summed E-state index contributed by atoms with van der Waals surface area (Å²) >= 11 is 0. The molecule has 5 rings (SSSR count). The number of anilines is 1. The van der Waals surface area contributed by atoms with E-state index in [9.17, 15) is 22.8 Å². The predicted octanol–water partition coefficient (Wildman–Crippen LogP) is 4.22. The molecule has 0 spiro atoms. The Morgan fingerprint density at radius 2 is 1.74 bits per heavy atom. The van der Waals surface area contributed by atoms with E-state index in [1.54, 1.807) is 63.7 Å². The van der Waals surface area contributed by atoms with Crippen molar-refractivity contribution in [3.05, 3.63) is 72.7 Å². The van der Waals surface area contributed by atoms with Gasteiger partial charge in [-0.15, -0.1) is 0 Å². The molecular weight excluding hydrogens is 501 g/mol. The normalized spacial score (nSPS) is 13.9. The van der Waals surface area contributed by atoms with E-state index in [1.165, 1.54) is 0 Å². The van der Waals surface area contributed by atoms with Crippen LogP contribution in [-0.4, -0.2) is 70.5 Å². The summed E-state index contributed by atoms with van der Waals surface area (Å²) in [6, 6.07) is 13.0. The third kappa shape index (κ3) is 5.75. The number of fused-ring (bicyclic) bond motifs is 1. The minimum Gasteiger partial charge on any atom is -0.378 e. The van der Waals surface area contributed by atoms with Crippen molar-refractivity contribution in [1.82, 2.24) is 24.8 Å². The molecule has 1 aliphatic rings. The fourth-order valence-corrected chi connectivity index (χ4v) is 4.13. The number of aromatic nitrogens is 3. The monoisotopic (exact) mass is 524 g/mol. The standard InChI is InChI=1S/C26H23F3N6O3/c27-26(28,29)16-31-25(37)33-21-6-2-4-18(12-21)22-14-32-35-15-20(13-30-23(22)35)17-3-1-5-19(11-17)24(36)34-7-9-38-10-8-34/h1-6,11-15H,7-10,16H2,(H2,31,33,37). The van der Waals surface area contributed by atoms with Gasteiger partial charge >= 0.3 is 12.2 Å². The maximum absolute atomic E-state index is 12.9. The lowest BCUT2D eigenvalue weighted by molar-refractivity contribution is -0.122. The lowest BCUT2D eigenvalue weighted by atomic mass is 10.0. The number of hydrogen-bond acceptors (Lipinski definition) is 5. The Morgan fingerprint density at radius 3 is 2.53 bits per heavy atom. The Hall–Kier alpha value is -4.45. The highest BCUT2D eigenvalue weighted by atomic mass is 19.4. The first-order valence-electron chi connectivity index (χ1n) is 11.8. The number of nitrogens with zero attached hydrogens (tertiary/aromatic N) is 4. The zero-order valence-electron chi connectivity index (χ0n) is 20.0. The van der Waals surface area contributed by atoms with Crippen LogP contribution >= 0.6 is 0 Å². The smallest absolute Gasteiger partial charge is 0.378 e. The number of hydrogen-bond donors (Lipinski definition) is 2. The molecular formula is C26H23F3N6O3. The first kappa shape index (κ1) is 25.2. The fraction of sp³-hybridized carbons (Fsp3) is 0.231. The molecule has 1 fully saturated rings. The molecule has 1 aliphatic heterocycles. The maximum Gasteiger partial charge on any atom is 0.405 e. The van der Waals surface area contributed by atoms with Crippen LogP contribution in [0.2, 0.25) is 0 Å². The molecule has 1 saturated heterocycles. The second-order valence-corrected chi connectivity index (χ2v) is 8.66. The quantitative estimate of drug-likeness (QED) is 0.407. The van der Waals surface area contributed by atoms with E-state index in [0.29, 0.717) is 54.3 Å². The molecule has 3 amide bonds. The SMILES string of the molecule is O=C(NCC(F)(F)F)Nc1cccc(-c2cnn3cc(-c4cccc(C(=O)N5CCOCC5)c4)cnc23)c1. The van der Waals surface area contributed by atoms with Crippen LogP contribution in [0, 0.1) is 0 Å². The Balaban J connectivity index is 1.35. The van der Waals surface area contributed by atoms with E-state index >= 15 is 0 Å². The number of rotatable bonds is 5. The van der Waals surface area contributed by atoms with Crippen LogP contribution in [0.5, 0.6) is 0 Å². The second-order valence-electron chi connectivity index (χ2n) is 8.66. The van der Waals surface area contributed by atoms with Gasteiger partial charge in [-0.25, -0.2) is 14.3 Å². The molecule has 0 atom stereocenters. The number of ether oxygens (including phenoxy) is 1. The minimum atomic E-state index is -4.50. The van der Waals surface area contributed by atoms with Crippen LogP contribution < -0.4 is 10.6 Å². The summed E-state index contributed by atoms with van der Waals surface area (Å²) in [5.41, 5.74) is 4.37. The lowest BCUT2D eigenvalue weighted by Gasteiger charge is -2.27. The summed E-state index contributed by atoms with van der Waals surface area (Å²) in [7, 11) is 0. The summed E-state index contributed by atoms with van der Waals surface area (Å²) in [6.07, 6.45) is 0.607. The van der Waals surface area contributed by atoms with Gasteiger partial charge in [-0.1, -0.05) is 24.3 Å². The lowest BCUT2D eigenvalue weighted by Crippen LogP contribution is -2.40. The maximum atomic E-state index is 12.9. The summed E-state index contributed by atoms with van der Waals surface area (Å²) in [5.74, 6) is -0.0499. The molecule has 196 valence electrons. The zero-order valence-corrected chi connectivity index (χ0v) is 20.0. The number of benzene rings is 2. The largest absolute Gasteiger partial charge is 0.405 e. The summed E-state index contributed by atoms with van der Waals surface area (Å²) in [4.78, 5) is 31.0. The van der Waals surface area contributed by atoms with E-state index in [0.717, 1.165) is 11.1 Å². The molecule has 4 aromatic rings. The van der Waals surface area contributed by atoms with Gasteiger partial charge in [0.05, 0.1) is 19.4 Å². The van der Waals surface area contributed by atoms with Crippen LogP contribution in [-0.2, 0) is 4.74 Å². The number of alkyl halides is 3. The highest BCUT2D eigenvalue weighted by Crippen LogP contribution is 2.28. The van der Waals surface area contributed by atoms with Gasteiger partial charge in [0, 0.05) is 47.9 Å². The van der Waals surface area contributed by atoms with Gasteiger partial charge in [0.25, 0.3) is 5.91 Å². The molecule has 38 heavy (non-hydrogen) atoms. The van der Waals surface area contributed by atoms with Gasteiger partial charge in [-0.3, -0.25) is 4.79 Å². The van der Waals surface area contributed by atoms with Crippen molar-refractivity contribution in [2.24, 2.45) is 0 Å². The van der Waals surface area contributed by atoms with E-state index in [4.69, 9.17) is 4.74 Å². The Kier molecular flexibility index (Phi) is 6.97. The van der Waals surface area contributed by atoms with Gasteiger partial charge in [0.15, 0.2) is 5.65 Å². The first-order chi connectivity index (χ1) is 18.3. The third-order valence-electron chi connectivity index (χ3n) is 5.98. The molecule has 2 N–H and O–H groups in total. The predicted molar refractivity (Wildman–Crippen MR) is 134 cm³/mol. The van der Waals surface area contributed by atoms with Gasteiger partial charge in [0.1, 0.15) is 6.54 Å². The van der Waals surface area contributed by atoms with E-state index < -0.39 is 18.8 Å². The highest BCUT2D eigenvalue weighted by Gasteiger charge is 2.27. The fourth-order valence-electron chi connectivity index (χ4n) is 4.13. The van der Waals surface area contributed by atoms with Crippen molar-refractivity contribution in [3.8, 4) is 22.3 Å². The molecule has 3 heterocycles. The molecule has 9 nitrogen and oxygen atoms in total. The van der Waals surface area contributed by atoms with Crippen molar-refractivity contribution < 1.29 is 27.5 Å². The molecule has 2 aromatic heterocycles. The second kappa shape index (κ2) is 10.5. The average molecular weight is 525 g/mol. The van der Waals surface area contributed by atoms with E-state index in [2.05, 4.69) is 15.4 Å². The number of nitrogens with one attached hydrogen (secondary N) is 2. The van der Waals surface area contributed by atoms with Gasteiger partial charge < -0.3 is 20.3 Å². The van der Waals surface area contributed by atoms with E-state index in [1.807, 2.05) is 18.2 Å². The number of halogens is 3. The first-order valence-corrected chi connectivity index (χ1v) is 11.8. The van der Waals surface area contributed by atoms with Crippen molar-refractivity contribution in [2.75, 3.05) is 38.2 Å². The molecule has 0 aliphatic carbocycles. The van der Waals surface area contributed by atoms with E-state index in [-0.39, 0.29) is 5.91 Å². The summed E-state index contributed by atoms with van der Waals surface area (Å²) in [6.45, 7) is 0.738. The third-order valence-corrected chi connectivity index (χ3v) is 5.98. The van der Waals surface area contributed by atoms with Crippen molar-refractivity contribution in [2.45, 2.75) is 6.18 Å². The number of carbonyl (C=O) groups is 2. The van der Waals surface area contributed by atoms with Crippen molar-refractivity contribution in [1.29, 1.82) is 0 Å². The topological polar surface area (TPSA) is 101 Å². The Labute approximate surface area is 215 Å². The van der Waals surface area contributed by atoms with Crippen LogP contribution in [0.15, 0.2) is 67.1 Å². The van der Waals surface area contributed by atoms with Crippen LogP contribution in [0.3, 0.4) is 0 Å². The van der Waals surface area contributed by atoms with Crippen molar-refractivity contribution >= 4 is 23.3 Å². The molecule has 0 bridgehead atoms. The summed E-state index contributed by atoms with van der Waals surface area (Å²) in [5, 5.41) is 8.57. The van der Waals surface area contributed by atoms with Crippen molar-refractivity contribution in [3.63, 3.8) is 0 Å². The molecule has 0 saturated carbocycles. The Morgan fingerprint density at radius 1 is 0.974 bits per heavy atom. The van der Waals surface area contributed by atoms with Crippen LogP contribution in [0.25, 0.3) is 27.9 Å². The zero-order chi connectivity index (χ0) is 26.7. The van der Waals surface area contributed by atoms with Gasteiger partial charge in [-0.2, -0.15) is 18.3 Å². The molecule has 0 radical (unpaired) electrons. The minimum absolute atomic E-state index is 0.0499. The van der Waals surface area contributed by atoms with Gasteiger partial charge in [0.2, 0.25) is 0 Å². The summed E-state index contributed by atoms with van der Waals surface area (Å²) < 4.78 is 44.0. The Bertz CT molecular complexity index is 1480. The number of urea groups is 1. The molecule has 12 heteroatoms. The van der Waals surface area contributed by atoms with Crippen LogP contribution in [0.4, 0.5) is 23.7 Å². The molecule has 0 unspecified atom stereocenters. The number of morpholine rings is 1. The van der Waals surface area contributed by atoms with Crippen LogP contribution in [0.1, 0.15) is 10.4 Å². The number of carbonyl (C=O) groups excluding carboxylic acids is 2. The average Bonchev–Trinajstić information content (AvgIpc) is 3.35. The van der Waals surface area contributed by atoms with Gasteiger partial charge in [-0.05, 0) is 35.4 Å². The number of amides is 3.